The van der Waals surface area contributed by atoms with Gasteiger partial charge in [0.05, 0.1) is 18.1 Å². The van der Waals surface area contributed by atoms with E-state index in [2.05, 4.69) is 4.98 Å². The van der Waals surface area contributed by atoms with Crippen molar-refractivity contribution < 1.29 is 14.3 Å². The standard InChI is InChI=1S/C16H20ClN3O3/c1-11(21)19-6-4-12(5-7-19)16(22)20-9-14(10-20)23-15-3-2-13(17)8-18-15/h2-3,8,12,14H,4-7,9-10H2,1H3. The lowest BCUT2D eigenvalue weighted by molar-refractivity contribution is -0.147. The Morgan fingerprint density at radius 2 is 1.91 bits per heavy atom. The number of rotatable bonds is 3. The van der Waals surface area contributed by atoms with Crippen LogP contribution >= 0.6 is 11.6 Å². The molecule has 2 amide bonds. The number of nitrogens with zero attached hydrogens (tertiary/aromatic N) is 3. The average molecular weight is 338 g/mol. The van der Waals surface area contributed by atoms with Crippen molar-refractivity contribution in [3.63, 3.8) is 0 Å². The van der Waals surface area contributed by atoms with E-state index >= 15 is 0 Å². The molecule has 0 atom stereocenters. The first kappa shape index (κ1) is 16.1. The summed E-state index contributed by atoms with van der Waals surface area (Å²) in [5.74, 6) is 0.822. The van der Waals surface area contributed by atoms with Gasteiger partial charge in [0.2, 0.25) is 17.7 Å². The molecule has 0 unspecified atom stereocenters. The van der Waals surface area contributed by atoms with Crippen LogP contribution in [0.3, 0.4) is 0 Å². The maximum atomic E-state index is 12.4. The van der Waals surface area contributed by atoms with Crippen LogP contribution in [0.1, 0.15) is 19.8 Å². The molecule has 2 saturated heterocycles. The van der Waals surface area contributed by atoms with Gasteiger partial charge in [0.25, 0.3) is 0 Å². The molecule has 3 heterocycles. The fourth-order valence-electron chi connectivity index (χ4n) is 2.99. The van der Waals surface area contributed by atoms with Crippen molar-refractivity contribution in [1.29, 1.82) is 0 Å². The van der Waals surface area contributed by atoms with Gasteiger partial charge in [0, 0.05) is 38.2 Å². The van der Waals surface area contributed by atoms with E-state index in [1.165, 1.54) is 0 Å². The molecular formula is C16H20ClN3O3. The zero-order chi connectivity index (χ0) is 16.4. The molecule has 6 nitrogen and oxygen atoms in total. The Morgan fingerprint density at radius 1 is 1.22 bits per heavy atom. The average Bonchev–Trinajstić information content (AvgIpc) is 2.52. The van der Waals surface area contributed by atoms with E-state index in [-0.39, 0.29) is 23.8 Å². The van der Waals surface area contributed by atoms with Gasteiger partial charge < -0.3 is 14.5 Å². The van der Waals surface area contributed by atoms with Crippen LogP contribution in [0.5, 0.6) is 5.88 Å². The molecule has 0 N–H and O–H groups in total. The zero-order valence-corrected chi connectivity index (χ0v) is 13.8. The summed E-state index contributed by atoms with van der Waals surface area (Å²) in [5, 5.41) is 0.569. The van der Waals surface area contributed by atoms with Crippen LogP contribution in [0.4, 0.5) is 0 Å². The maximum absolute atomic E-state index is 12.4. The second-order valence-corrected chi connectivity index (χ2v) is 6.51. The number of carbonyl (C=O) groups is 2. The van der Waals surface area contributed by atoms with E-state index in [1.807, 2.05) is 4.90 Å². The van der Waals surface area contributed by atoms with E-state index in [4.69, 9.17) is 16.3 Å². The highest BCUT2D eigenvalue weighted by Gasteiger charge is 2.37. The fraction of sp³-hybridized carbons (Fsp3) is 0.562. The molecule has 1 aromatic rings. The number of ether oxygens (including phenoxy) is 1. The van der Waals surface area contributed by atoms with Gasteiger partial charge >= 0.3 is 0 Å². The topological polar surface area (TPSA) is 62.7 Å². The smallest absolute Gasteiger partial charge is 0.226 e. The molecule has 0 bridgehead atoms. The molecule has 0 saturated carbocycles. The first-order chi connectivity index (χ1) is 11.0. The lowest BCUT2D eigenvalue weighted by Gasteiger charge is -2.41. The van der Waals surface area contributed by atoms with Crippen LogP contribution in [0.2, 0.25) is 5.02 Å². The molecule has 2 aliphatic heterocycles. The summed E-state index contributed by atoms with van der Waals surface area (Å²) >= 11 is 5.78. The zero-order valence-electron chi connectivity index (χ0n) is 13.1. The van der Waals surface area contributed by atoms with Gasteiger partial charge in [0.1, 0.15) is 6.10 Å². The highest BCUT2D eigenvalue weighted by Crippen LogP contribution is 2.24. The first-order valence-electron chi connectivity index (χ1n) is 7.85. The molecule has 2 fully saturated rings. The summed E-state index contributed by atoms with van der Waals surface area (Å²) in [5.41, 5.74) is 0. The van der Waals surface area contributed by atoms with Crippen molar-refractivity contribution in [2.75, 3.05) is 26.2 Å². The van der Waals surface area contributed by atoms with E-state index in [0.29, 0.717) is 37.1 Å². The van der Waals surface area contributed by atoms with E-state index in [9.17, 15) is 9.59 Å². The second kappa shape index (κ2) is 6.74. The predicted molar refractivity (Wildman–Crippen MR) is 85.2 cm³/mol. The summed E-state index contributed by atoms with van der Waals surface area (Å²) in [4.78, 5) is 31.5. The van der Waals surface area contributed by atoms with Crippen LogP contribution in [0.15, 0.2) is 18.3 Å². The van der Waals surface area contributed by atoms with Crippen LogP contribution in [0, 0.1) is 5.92 Å². The molecule has 0 spiro atoms. The molecule has 7 heteroatoms. The minimum Gasteiger partial charge on any atom is -0.471 e. The van der Waals surface area contributed by atoms with Crippen molar-refractivity contribution in [3.8, 4) is 5.88 Å². The van der Waals surface area contributed by atoms with Gasteiger partial charge in [-0.25, -0.2) is 4.98 Å². The number of hydrogen-bond acceptors (Lipinski definition) is 4. The molecule has 0 radical (unpaired) electrons. The van der Waals surface area contributed by atoms with Crippen LogP contribution in [-0.2, 0) is 9.59 Å². The van der Waals surface area contributed by atoms with Crippen LogP contribution < -0.4 is 4.74 Å². The monoisotopic (exact) mass is 337 g/mol. The summed E-state index contributed by atoms with van der Waals surface area (Å²) < 4.78 is 5.71. The fourth-order valence-corrected chi connectivity index (χ4v) is 3.11. The van der Waals surface area contributed by atoms with Gasteiger partial charge in [-0.1, -0.05) is 11.6 Å². The molecule has 124 valence electrons. The summed E-state index contributed by atoms with van der Waals surface area (Å²) in [6, 6.07) is 3.46. The molecule has 1 aromatic heterocycles. The van der Waals surface area contributed by atoms with Crippen molar-refractivity contribution in [2.45, 2.75) is 25.9 Å². The Morgan fingerprint density at radius 3 is 2.48 bits per heavy atom. The Kier molecular flexibility index (Phi) is 4.71. The van der Waals surface area contributed by atoms with Crippen LogP contribution in [-0.4, -0.2) is 58.9 Å². The Hall–Kier alpha value is -1.82. The summed E-state index contributed by atoms with van der Waals surface area (Å²) in [6.45, 7) is 4.11. The Balaban J connectivity index is 1.43. The predicted octanol–water partition coefficient (Wildman–Crippen LogP) is 1.58. The second-order valence-electron chi connectivity index (χ2n) is 6.08. The largest absolute Gasteiger partial charge is 0.471 e. The van der Waals surface area contributed by atoms with Gasteiger partial charge in [-0.15, -0.1) is 0 Å². The minimum atomic E-state index is -0.00932. The normalized spacial score (nSPS) is 19.4. The number of carbonyl (C=O) groups excluding carboxylic acids is 2. The van der Waals surface area contributed by atoms with Gasteiger partial charge in [-0.05, 0) is 18.9 Å². The number of hydrogen-bond donors (Lipinski definition) is 0. The number of likely N-dealkylation sites (tertiary alicyclic amines) is 2. The lowest BCUT2D eigenvalue weighted by Crippen LogP contribution is -2.58. The lowest BCUT2D eigenvalue weighted by atomic mass is 9.93. The van der Waals surface area contributed by atoms with Crippen molar-refractivity contribution >= 4 is 23.4 Å². The van der Waals surface area contributed by atoms with Crippen molar-refractivity contribution in [1.82, 2.24) is 14.8 Å². The Labute approximate surface area is 140 Å². The third kappa shape index (κ3) is 3.75. The molecular weight excluding hydrogens is 318 g/mol. The number of pyridine rings is 1. The van der Waals surface area contributed by atoms with Gasteiger partial charge in [-0.3, -0.25) is 9.59 Å². The van der Waals surface area contributed by atoms with E-state index < -0.39 is 0 Å². The quantitative estimate of drug-likeness (QED) is 0.840. The highest BCUT2D eigenvalue weighted by atomic mass is 35.5. The van der Waals surface area contributed by atoms with Gasteiger partial charge in [0.15, 0.2) is 0 Å². The number of amides is 2. The van der Waals surface area contributed by atoms with Crippen molar-refractivity contribution in [2.24, 2.45) is 5.92 Å². The number of halogens is 1. The Bertz CT molecular complexity index is 579. The minimum absolute atomic E-state index is 0.00932. The first-order valence-corrected chi connectivity index (χ1v) is 8.23. The molecule has 3 rings (SSSR count). The number of piperidine rings is 1. The molecule has 0 aliphatic carbocycles. The third-order valence-corrected chi connectivity index (χ3v) is 4.66. The third-order valence-electron chi connectivity index (χ3n) is 4.44. The molecule has 2 aliphatic rings. The summed E-state index contributed by atoms with van der Waals surface area (Å²) in [7, 11) is 0. The van der Waals surface area contributed by atoms with E-state index in [0.717, 1.165) is 12.8 Å². The number of aromatic nitrogens is 1. The SMILES string of the molecule is CC(=O)N1CCC(C(=O)N2CC(Oc3ccc(Cl)cn3)C2)CC1. The van der Waals surface area contributed by atoms with Gasteiger partial charge in [-0.2, -0.15) is 0 Å². The van der Waals surface area contributed by atoms with E-state index in [1.54, 1.807) is 30.2 Å². The summed E-state index contributed by atoms with van der Waals surface area (Å²) in [6.07, 6.45) is 3.03. The highest BCUT2D eigenvalue weighted by molar-refractivity contribution is 6.30. The molecule has 0 aromatic carbocycles. The van der Waals surface area contributed by atoms with Crippen molar-refractivity contribution in [3.05, 3.63) is 23.4 Å². The molecule has 23 heavy (non-hydrogen) atoms. The van der Waals surface area contributed by atoms with Crippen LogP contribution in [0.25, 0.3) is 0 Å². The maximum Gasteiger partial charge on any atom is 0.226 e.